The van der Waals surface area contributed by atoms with Crippen LogP contribution < -0.4 is 20.9 Å². The SMILES string of the molecule is CC1(C)C2=c3c(-c4c5ccn(-c6ccccc6)cc-5c5c4C=C4C=c6ccccc6=C4C5(C)C)cccc3=CC2=Cc2cc3ccn(-c4nc(-c5ccccc5)nc(-c5ccccc5)n4)cc-3c21. The van der Waals surface area contributed by atoms with E-state index in [1.807, 2.05) is 36.4 Å². The Morgan fingerprint density at radius 2 is 1.06 bits per heavy atom. The molecule has 1 aromatic heterocycles. The topological polar surface area (TPSA) is 48.5 Å². The van der Waals surface area contributed by atoms with Crippen LogP contribution in [0.25, 0.3) is 103 Å². The molecular formula is C63H45N5. The number of aromatic nitrogens is 5. The minimum atomic E-state index is -0.361. The molecule has 5 aromatic carbocycles. The third-order valence-corrected chi connectivity index (χ3v) is 15.0. The Morgan fingerprint density at radius 3 is 1.81 bits per heavy atom. The van der Waals surface area contributed by atoms with Crippen LogP contribution in [-0.2, 0) is 10.8 Å². The third kappa shape index (κ3) is 5.53. The van der Waals surface area contributed by atoms with Crippen molar-refractivity contribution in [2.24, 2.45) is 0 Å². The predicted molar refractivity (Wildman–Crippen MR) is 277 cm³/mol. The molecule has 0 fully saturated rings. The Hall–Kier alpha value is -8.41. The lowest BCUT2D eigenvalue weighted by Gasteiger charge is -2.34. The van der Waals surface area contributed by atoms with Crippen LogP contribution in [0.4, 0.5) is 0 Å². The van der Waals surface area contributed by atoms with Crippen molar-refractivity contribution >= 4 is 35.5 Å². The molecule has 0 radical (unpaired) electrons. The molecule has 322 valence electrons. The fourth-order valence-corrected chi connectivity index (χ4v) is 12.3. The van der Waals surface area contributed by atoms with Gasteiger partial charge in [0, 0.05) is 63.6 Å². The van der Waals surface area contributed by atoms with Crippen LogP contribution in [0, 0.1) is 0 Å². The van der Waals surface area contributed by atoms with Gasteiger partial charge in [0.2, 0.25) is 5.95 Å². The lowest BCUT2D eigenvalue weighted by Crippen LogP contribution is -2.33. The maximum Gasteiger partial charge on any atom is 0.237 e. The van der Waals surface area contributed by atoms with Gasteiger partial charge in [0.1, 0.15) is 0 Å². The van der Waals surface area contributed by atoms with Crippen molar-refractivity contribution in [2.45, 2.75) is 38.5 Å². The molecule has 0 bridgehead atoms. The molecule has 0 saturated carbocycles. The molecule has 6 aromatic rings. The monoisotopic (exact) mass is 871 g/mol. The van der Waals surface area contributed by atoms with Gasteiger partial charge in [-0.1, -0.05) is 149 Å². The van der Waals surface area contributed by atoms with Crippen LogP contribution in [-0.4, -0.2) is 24.1 Å². The molecule has 0 saturated heterocycles. The first-order chi connectivity index (χ1) is 33.2. The highest BCUT2D eigenvalue weighted by Crippen LogP contribution is 2.56. The zero-order valence-electron chi connectivity index (χ0n) is 38.3. The molecule has 8 aliphatic rings. The number of allylic oxidation sites excluding steroid dienone is 2. The summed E-state index contributed by atoms with van der Waals surface area (Å²) in [5.74, 6) is 1.86. The summed E-state index contributed by atoms with van der Waals surface area (Å²) >= 11 is 0. The van der Waals surface area contributed by atoms with Gasteiger partial charge >= 0.3 is 0 Å². The molecule has 0 spiro atoms. The van der Waals surface area contributed by atoms with E-state index in [2.05, 4.69) is 201 Å². The van der Waals surface area contributed by atoms with Crippen molar-refractivity contribution in [1.82, 2.24) is 24.1 Å². The average molecular weight is 872 g/mol. The zero-order valence-corrected chi connectivity index (χ0v) is 38.3. The summed E-state index contributed by atoms with van der Waals surface area (Å²) < 4.78 is 4.37. The molecule has 3 heterocycles. The van der Waals surface area contributed by atoms with Crippen molar-refractivity contribution in [3.05, 3.63) is 231 Å². The molecule has 0 N–H and O–H groups in total. The Bertz CT molecular complexity index is 3990. The van der Waals surface area contributed by atoms with E-state index in [1.54, 1.807) is 0 Å². The highest BCUT2D eigenvalue weighted by Gasteiger charge is 2.43. The van der Waals surface area contributed by atoms with E-state index < -0.39 is 0 Å². The molecule has 5 heteroatoms. The zero-order chi connectivity index (χ0) is 45.5. The second-order valence-electron chi connectivity index (χ2n) is 19.7. The summed E-state index contributed by atoms with van der Waals surface area (Å²) in [6, 6.07) is 53.8. The third-order valence-electron chi connectivity index (χ3n) is 15.0. The maximum atomic E-state index is 5.10. The molecule has 0 unspecified atom stereocenters. The Balaban J connectivity index is 0.988. The first kappa shape index (κ1) is 38.8. The summed E-state index contributed by atoms with van der Waals surface area (Å²) in [5.41, 5.74) is 20.6. The van der Waals surface area contributed by atoms with Crippen LogP contribution in [0.1, 0.15) is 49.9 Å². The smallest absolute Gasteiger partial charge is 0.237 e. The molecule has 5 nitrogen and oxygen atoms in total. The molecule has 0 amide bonds. The molecule has 0 atom stereocenters. The maximum absolute atomic E-state index is 5.10. The van der Waals surface area contributed by atoms with Crippen molar-refractivity contribution in [2.75, 3.05) is 0 Å². The number of hydrogen-bond acceptors (Lipinski definition) is 3. The highest BCUT2D eigenvalue weighted by molar-refractivity contribution is 6.08. The van der Waals surface area contributed by atoms with Crippen LogP contribution in [0.2, 0.25) is 0 Å². The number of benzene rings is 5. The fraction of sp³-hybridized carbons (Fsp3) is 0.0952. The molecule has 14 rings (SSSR count). The first-order valence-corrected chi connectivity index (χ1v) is 23.6. The molecular weight excluding hydrogens is 827 g/mol. The van der Waals surface area contributed by atoms with Gasteiger partial charge in [-0.15, -0.1) is 0 Å². The van der Waals surface area contributed by atoms with Gasteiger partial charge < -0.3 is 4.57 Å². The highest BCUT2D eigenvalue weighted by atomic mass is 15.2. The minimum Gasteiger partial charge on any atom is -0.323 e. The minimum absolute atomic E-state index is 0.262. The predicted octanol–water partition coefficient (Wildman–Crippen LogP) is 11.3. The normalized spacial score (nSPS) is 15.6. The standard InChI is InChI=1S/C63H45N5/c1-62(2)56-43(32-41-27-29-68(36-51(41)56)61-65-59(38-17-8-5-9-18-38)64-60(66-61)39-19-10-6-11-20-39)34-44-33-42-22-16-26-49(53(42)57(44)62)54-48-28-30-67(46-23-12-7-13-24-46)37-52(48)58-50(54)35-45-31-40-21-14-15-25-47(40)55(45)63(58,3)4/h5-37H,1-4H3. The number of nitrogens with zero attached hydrogens (tertiary/aromatic N) is 5. The van der Waals surface area contributed by atoms with Gasteiger partial charge in [-0.3, -0.25) is 4.57 Å². The van der Waals surface area contributed by atoms with E-state index in [4.69, 9.17) is 15.0 Å². The Morgan fingerprint density at radius 1 is 0.441 bits per heavy atom. The van der Waals surface area contributed by atoms with Gasteiger partial charge in [0.05, 0.1) is 0 Å². The summed E-state index contributed by atoms with van der Waals surface area (Å²) in [4.78, 5) is 15.2. The van der Waals surface area contributed by atoms with Crippen LogP contribution >= 0.6 is 0 Å². The van der Waals surface area contributed by atoms with Crippen LogP contribution in [0.3, 0.4) is 0 Å². The number of pyridine rings is 2. The molecule has 2 aliphatic heterocycles. The summed E-state index contributed by atoms with van der Waals surface area (Å²) in [6.07, 6.45) is 18.7. The lowest BCUT2D eigenvalue weighted by atomic mass is 9.69. The Labute approximate surface area is 394 Å². The van der Waals surface area contributed by atoms with Gasteiger partial charge in [0.15, 0.2) is 11.6 Å². The van der Waals surface area contributed by atoms with E-state index in [0.29, 0.717) is 17.6 Å². The van der Waals surface area contributed by atoms with Gasteiger partial charge in [-0.2, -0.15) is 9.97 Å². The van der Waals surface area contributed by atoms with Gasteiger partial charge in [0.25, 0.3) is 0 Å². The second kappa shape index (κ2) is 14.1. The van der Waals surface area contributed by atoms with Crippen LogP contribution in [0.5, 0.6) is 0 Å². The van der Waals surface area contributed by atoms with E-state index in [0.717, 1.165) is 16.8 Å². The number of rotatable bonds is 5. The number of hydrogen-bond donors (Lipinski definition) is 0. The van der Waals surface area contributed by atoms with Gasteiger partial charge in [-0.25, -0.2) is 4.98 Å². The average Bonchev–Trinajstić information content (AvgIpc) is 4.14. The second-order valence-corrected chi connectivity index (χ2v) is 19.7. The van der Waals surface area contributed by atoms with Crippen molar-refractivity contribution in [3.8, 4) is 67.8 Å². The number of para-hydroxylation sites is 1. The summed E-state index contributed by atoms with van der Waals surface area (Å²) in [7, 11) is 0. The molecule has 68 heavy (non-hydrogen) atoms. The summed E-state index contributed by atoms with van der Waals surface area (Å²) in [5, 5.41) is 5.22. The lowest BCUT2D eigenvalue weighted by molar-refractivity contribution is 0.688. The Kier molecular flexibility index (Phi) is 8.02. The largest absolute Gasteiger partial charge is 0.323 e. The first-order valence-electron chi connectivity index (χ1n) is 23.6. The van der Waals surface area contributed by atoms with Crippen molar-refractivity contribution in [1.29, 1.82) is 0 Å². The van der Waals surface area contributed by atoms with E-state index in [-0.39, 0.29) is 10.8 Å². The van der Waals surface area contributed by atoms with E-state index in [9.17, 15) is 0 Å². The van der Waals surface area contributed by atoms with E-state index in [1.165, 1.54) is 98.8 Å². The summed E-state index contributed by atoms with van der Waals surface area (Å²) in [6.45, 7) is 9.72. The van der Waals surface area contributed by atoms with Gasteiger partial charge in [-0.05, 0) is 142 Å². The van der Waals surface area contributed by atoms with Crippen LogP contribution in [0.15, 0.2) is 188 Å². The fourth-order valence-electron chi connectivity index (χ4n) is 12.3. The quantitative estimate of drug-likeness (QED) is 0.173. The van der Waals surface area contributed by atoms with Crippen molar-refractivity contribution in [3.63, 3.8) is 0 Å². The van der Waals surface area contributed by atoms with Crippen molar-refractivity contribution < 1.29 is 0 Å². The molecule has 6 aliphatic carbocycles. The number of fused-ring (bicyclic) bond motifs is 10. The van der Waals surface area contributed by atoms with E-state index >= 15 is 0 Å².